The number of hydrogen-bond acceptors (Lipinski definition) is 7. The van der Waals surface area contributed by atoms with Crippen LogP contribution in [-0.4, -0.2) is 71.0 Å². The molecular weight excluding hydrogens is 424 g/mol. The SMILES string of the molecule is OC[C@H]1OC(O)[C@H](O)[C@@H](OCCCCCCCCOc2cccc(-c3ccccc3)c2)[C@@H]1O. The highest BCUT2D eigenvalue weighted by atomic mass is 16.6. The molecule has 4 N–H and O–H groups in total. The van der Waals surface area contributed by atoms with E-state index in [1.165, 1.54) is 5.56 Å². The molecule has 182 valence electrons. The molecule has 0 bridgehead atoms. The Kier molecular flexibility index (Phi) is 10.6. The van der Waals surface area contributed by atoms with Crippen molar-refractivity contribution < 1.29 is 34.6 Å². The lowest BCUT2D eigenvalue weighted by molar-refractivity contribution is -0.294. The third-order valence-corrected chi connectivity index (χ3v) is 5.90. The maximum atomic E-state index is 10.1. The lowest BCUT2D eigenvalue weighted by Crippen LogP contribution is -2.59. The first-order chi connectivity index (χ1) is 16.1. The molecule has 0 aliphatic carbocycles. The number of ether oxygens (including phenoxy) is 3. The molecule has 0 amide bonds. The fourth-order valence-electron chi connectivity index (χ4n) is 3.98. The highest BCUT2D eigenvalue weighted by Crippen LogP contribution is 2.24. The van der Waals surface area contributed by atoms with Gasteiger partial charge in [-0.05, 0) is 36.1 Å². The fraction of sp³-hybridized carbons (Fsp3) is 0.538. The van der Waals surface area contributed by atoms with Crippen LogP contribution in [0.15, 0.2) is 54.6 Å². The van der Waals surface area contributed by atoms with Gasteiger partial charge in [-0.25, -0.2) is 0 Å². The second-order valence-electron chi connectivity index (χ2n) is 8.43. The van der Waals surface area contributed by atoms with E-state index in [2.05, 4.69) is 24.3 Å². The third-order valence-electron chi connectivity index (χ3n) is 5.90. The number of unbranched alkanes of at least 4 members (excludes halogenated alkanes) is 5. The van der Waals surface area contributed by atoms with Crippen LogP contribution in [0.4, 0.5) is 0 Å². The number of aliphatic hydroxyl groups excluding tert-OH is 4. The predicted octanol–water partition coefficient (Wildman–Crippen LogP) is 2.89. The van der Waals surface area contributed by atoms with E-state index >= 15 is 0 Å². The largest absolute Gasteiger partial charge is 0.494 e. The van der Waals surface area contributed by atoms with E-state index in [0.717, 1.165) is 49.8 Å². The van der Waals surface area contributed by atoms with Gasteiger partial charge in [0, 0.05) is 6.61 Å². The Hall–Kier alpha value is -2.00. The van der Waals surface area contributed by atoms with Gasteiger partial charge in [-0.2, -0.15) is 0 Å². The highest BCUT2D eigenvalue weighted by Gasteiger charge is 2.44. The molecule has 0 spiro atoms. The van der Waals surface area contributed by atoms with E-state index in [1.807, 2.05) is 30.3 Å². The summed E-state index contributed by atoms with van der Waals surface area (Å²) < 4.78 is 16.4. The van der Waals surface area contributed by atoms with Gasteiger partial charge in [0.05, 0.1) is 13.2 Å². The molecular formula is C26H36O7. The zero-order chi connectivity index (χ0) is 23.5. The second-order valence-corrected chi connectivity index (χ2v) is 8.43. The topological polar surface area (TPSA) is 109 Å². The molecule has 1 aliphatic rings. The first-order valence-electron chi connectivity index (χ1n) is 11.8. The van der Waals surface area contributed by atoms with Crippen molar-refractivity contribution in [3.63, 3.8) is 0 Å². The zero-order valence-electron chi connectivity index (χ0n) is 19.0. The summed E-state index contributed by atoms with van der Waals surface area (Å²) in [7, 11) is 0. The molecule has 2 aromatic rings. The van der Waals surface area contributed by atoms with Crippen molar-refractivity contribution in [1.29, 1.82) is 0 Å². The van der Waals surface area contributed by atoms with Gasteiger partial charge in [0.1, 0.15) is 30.2 Å². The molecule has 1 aliphatic heterocycles. The van der Waals surface area contributed by atoms with Crippen molar-refractivity contribution in [1.82, 2.24) is 0 Å². The van der Waals surface area contributed by atoms with Crippen LogP contribution in [-0.2, 0) is 9.47 Å². The van der Waals surface area contributed by atoms with E-state index in [0.29, 0.717) is 13.2 Å². The Morgan fingerprint density at radius 2 is 1.39 bits per heavy atom. The van der Waals surface area contributed by atoms with Crippen LogP contribution < -0.4 is 4.74 Å². The maximum absolute atomic E-state index is 10.1. The van der Waals surface area contributed by atoms with Crippen LogP contribution in [0.25, 0.3) is 11.1 Å². The lowest BCUT2D eigenvalue weighted by atomic mass is 9.99. The monoisotopic (exact) mass is 460 g/mol. The standard InChI is InChI=1S/C26H36O7/c27-18-22-23(28)25(24(29)26(30)33-22)32-16-9-4-2-1-3-8-15-31-21-14-10-13-20(17-21)19-11-6-5-7-12-19/h5-7,10-14,17,22-30H,1-4,8-9,15-16,18H2/t22-,23-,24-,25+,26?/m1/s1. The predicted molar refractivity (Wildman–Crippen MR) is 125 cm³/mol. The zero-order valence-corrected chi connectivity index (χ0v) is 19.0. The molecule has 33 heavy (non-hydrogen) atoms. The first kappa shape index (κ1) is 25.6. The summed E-state index contributed by atoms with van der Waals surface area (Å²) in [6, 6.07) is 18.4. The molecule has 1 heterocycles. The van der Waals surface area contributed by atoms with Crippen LogP contribution in [0.3, 0.4) is 0 Å². The molecule has 1 unspecified atom stereocenters. The van der Waals surface area contributed by atoms with Crippen molar-refractivity contribution >= 4 is 0 Å². The second kappa shape index (κ2) is 13.6. The average Bonchev–Trinajstić information content (AvgIpc) is 2.85. The van der Waals surface area contributed by atoms with E-state index in [4.69, 9.17) is 14.2 Å². The quantitative estimate of drug-likeness (QED) is 0.340. The van der Waals surface area contributed by atoms with Crippen molar-refractivity contribution in [3.8, 4) is 16.9 Å². The lowest BCUT2D eigenvalue weighted by Gasteiger charge is -2.39. The summed E-state index contributed by atoms with van der Waals surface area (Å²) in [6.07, 6.45) is 0.0837. The molecule has 1 saturated heterocycles. The summed E-state index contributed by atoms with van der Waals surface area (Å²) in [5.74, 6) is 0.888. The van der Waals surface area contributed by atoms with Crippen molar-refractivity contribution in [3.05, 3.63) is 54.6 Å². The number of benzene rings is 2. The molecule has 5 atom stereocenters. The van der Waals surface area contributed by atoms with Crippen molar-refractivity contribution in [2.75, 3.05) is 19.8 Å². The van der Waals surface area contributed by atoms with Gasteiger partial charge in [0.25, 0.3) is 0 Å². The molecule has 0 saturated carbocycles. The van der Waals surface area contributed by atoms with Crippen molar-refractivity contribution in [2.24, 2.45) is 0 Å². The number of rotatable bonds is 13. The number of hydrogen-bond donors (Lipinski definition) is 4. The van der Waals surface area contributed by atoms with Crippen LogP contribution in [0.5, 0.6) is 5.75 Å². The minimum atomic E-state index is -1.47. The van der Waals surface area contributed by atoms with Gasteiger partial charge >= 0.3 is 0 Å². The van der Waals surface area contributed by atoms with Gasteiger partial charge in [0.15, 0.2) is 6.29 Å². The van der Waals surface area contributed by atoms with Crippen LogP contribution in [0.2, 0.25) is 0 Å². The van der Waals surface area contributed by atoms with Crippen LogP contribution in [0, 0.1) is 0 Å². The fourth-order valence-corrected chi connectivity index (χ4v) is 3.98. The summed E-state index contributed by atoms with van der Waals surface area (Å²) in [4.78, 5) is 0. The molecule has 3 rings (SSSR count). The smallest absolute Gasteiger partial charge is 0.184 e. The molecule has 7 heteroatoms. The minimum absolute atomic E-state index is 0.366. The Bertz CT molecular complexity index is 800. The summed E-state index contributed by atoms with van der Waals surface area (Å²) in [5.41, 5.74) is 2.33. The third kappa shape index (κ3) is 7.78. The molecule has 1 fully saturated rings. The van der Waals surface area contributed by atoms with E-state index in [-0.39, 0.29) is 0 Å². The van der Waals surface area contributed by atoms with E-state index in [1.54, 1.807) is 0 Å². The normalized spacial score (nSPS) is 25.2. The van der Waals surface area contributed by atoms with E-state index in [9.17, 15) is 20.4 Å². The first-order valence-corrected chi connectivity index (χ1v) is 11.8. The van der Waals surface area contributed by atoms with Gasteiger partial charge in [-0.3, -0.25) is 0 Å². The minimum Gasteiger partial charge on any atom is -0.494 e. The summed E-state index contributed by atoms with van der Waals surface area (Å²) in [6.45, 7) is 0.604. The Labute approximate surface area is 195 Å². The number of aliphatic hydroxyl groups is 4. The Morgan fingerprint density at radius 3 is 2.12 bits per heavy atom. The summed E-state index contributed by atoms with van der Waals surface area (Å²) in [5, 5.41) is 38.9. The molecule has 0 aromatic heterocycles. The van der Waals surface area contributed by atoms with Crippen molar-refractivity contribution in [2.45, 2.75) is 69.2 Å². The average molecular weight is 461 g/mol. The molecule has 2 aromatic carbocycles. The van der Waals surface area contributed by atoms with Gasteiger partial charge in [-0.1, -0.05) is 68.1 Å². The molecule has 7 nitrogen and oxygen atoms in total. The van der Waals surface area contributed by atoms with Gasteiger partial charge in [0.2, 0.25) is 0 Å². The van der Waals surface area contributed by atoms with Crippen LogP contribution in [0.1, 0.15) is 38.5 Å². The Balaban J connectivity index is 1.24. The van der Waals surface area contributed by atoms with E-state index < -0.39 is 37.3 Å². The van der Waals surface area contributed by atoms with Gasteiger partial charge in [-0.15, -0.1) is 0 Å². The summed E-state index contributed by atoms with van der Waals surface area (Å²) >= 11 is 0. The Morgan fingerprint density at radius 1 is 0.727 bits per heavy atom. The maximum Gasteiger partial charge on any atom is 0.184 e. The molecule has 0 radical (unpaired) electrons. The van der Waals surface area contributed by atoms with Crippen LogP contribution >= 0.6 is 0 Å². The van der Waals surface area contributed by atoms with Gasteiger partial charge < -0.3 is 34.6 Å². The highest BCUT2D eigenvalue weighted by molar-refractivity contribution is 5.64.